The number of rotatable bonds is 3. The van der Waals surface area contributed by atoms with Gasteiger partial charge in [0.25, 0.3) is 0 Å². The summed E-state index contributed by atoms with van der Waals surface area (Å²) in [4.78, 5) is 26.0. The number of aliphatic carboxylic acids is 1. The molecule has 0 aromatic heterocycles. The summed E-state index contributed by atoms with van der Waals surface area (Å²) >= 11 is 0. The van der Waals surface area contributed by atoms with Gasteiger partial charge in [-0.15, -0.1) is 0 Å². The van der Waals surface area contributed by atoms with Gasteiger partial charge in [0.05, 0.1) is 23.5 Å². The molecule has 112 valence electrons. The maximum atomic E-state index is 12.6. The van der Waals surface area contributed by atoms with E-state index < -0.39 is 11.4 Å². The average Bonchev–Trinajstić information content (AvgIpc) is 3.12. The predicted octanol–water partition coefficient (Wildman–Crippen LogP) is 1.51. The highest BCUT2D eigenvalue weighted by Gasteiger charge is 2.52. The molecule has 5 nitrogen and oxygen atoms in total. The van der Waals surface area contributed by atoms with E-state index in [0.717, 1.165) is 19.3 Å². The molecule has 0 saturated carbocycles. The lowest BCUT2D eigenvalue weighted by Gasteiger charge is -2.30. The molecule has 20 heavy (non-hydrogen) atoms. The van der Waals surface area contributed by atoms with E-state index in [0.29, 0.717) is 19.5 Å². The third-order valence-corrected chi connectivity index (χ3v) is 5.57. The van der Waals surface area contributed by atoms with E-state index in [1.54, 1.807) is 4.90 Å². The molecule has 5 heteroatoms. The van der Waals surface area contributed by atoms with E-state index in [4.69, 9.17) is 4.74 Å². The van der Waals surface area contributed by atoms with Gasteiger partial charge in [-0.2, -0.15) is 0 Å². The van der Waals surface area contributed by atoms with Crippen LogP contribution < -0.4 is 0 Å². The van der Waals surface area contributed by atoms with Gasteiger partial charge in [0.2, 0.25) is 5.91 Å². The molecule has 0 aromatic carbocycles. The Kier molecular flexibility index (Phi) is 3.27. The maximum absolute atomic E-state index is 12.6. The van der Waals surface area contributed by atoms with Crippen LogP contribution in [0.1, 0.15) is 39.5 Å². The van der Waals surface area contributed by atoms with E-state index in [1.165, 1.54) is 0 Å². The Morgan fingerprint density at radius 3 is 2.55 bits per heavy atom. The van der Waals surface area contributed by atoms with Gasteiger partial charge >= 0.3 is 5.97 Å². The van der Waals surface area contributed by atoms with Crippen LogP contribution in [-0.2, 0) is 14.3 Å². The molecule has 4 unspecified atom stereocenters. The highest BCUT2D eigenvalue weighted by molar-refractivity contribution is 5.83. The van der Waals surface area contributed by atoms with Crippen LogP contribution in [0.5, 0.6) is 0 Å². The summed E-state index contributed by atoms with van der Waals surface area (Å²) in [5.41, 5.74) is -0.770. The highest BCUT2D eigenvalue weighted by Crippen LogP contribution is 2.43. The first kappa shape index (κ1) is 13.9. The first-order valence-corrected chi connectivity index (χ1v) is 7.61. The predicted molar refractivity (Wildman–Crippen MR) is 72.1 cm³/mol. The van der Waals surface area contributed by atoms with Crippen LogP contribution in [0, 0.1) is 17.3 Å². The summed E-state index contributed by atoms with van der Waals surface area (Å²) in [6.07, 6.45) is 3.76. The second kappa shape index (κ2) is 4.72. The smallest absolute Gasteiger partial charge is 0.311 e. The van der Waals surface area contributed by atoms with Gasteiger partial charge in [-0.3, -0.25) is 9.59 Å². The van der Waals surface area contributed by atoms with Gasteiger partial charge < -0.3 is 14.7 Å². The quantitative estimate of drug-likeness (QED) is 0.851. The fourth-order valence-electron chi connectivity index (χ4n) is 4.05. The van der Waals surface area contributed by atoms with E-state index in [2.05, 4.69) is 0 Å². The molecule has 3 aliphatic heterocycles. The van der Waals surface area contributed by atoms with Crippen molar-refractivity contribution in [3.63, 3.8) is 0 Å². The topological polar surface area (TPSA) is 66.8 Å². The second-order valence-electron chi connectivity index (χ2n) is 6.84. The summed E-state index contributed by atoms with van der Waals surface area (Å²) in [5, 5.41) is 9.54. The molecule has 0 aromatic rings. The number of ether oxygens (including phenoxy) is 1. The third-order valence-electron chi connectivity index (χ3n) is 5.57. The number of carboxylic acid groups (broad SMARTS) is 1. The highest BCUT2D eigenvalue weighted by atomic mass is 16.5. The lowest BCUT2D eigenvalue weighted by atomic mass is 9.76. The molecular weight excluding hydrogens is 258 g/mol. The molecule has 0 aliphatic carbocycles. The fourth-order valence-corrected chi connectivity index (χ4v) is 4.05. The van der Waals surface area contributed by atoms with E-state index in [-0.39, 0.29) is 30.0 Å². The standard InChI is InChI=1S/C15H23NO4/c1-9(2)15(14(18)19)5-6-16(8-15)13(17)11-7-10-3-4-12(11)20-10/h9-12H,3-8H2,1-2H3,(H,18,19). The van der Waals surface area contributed by atoms with Crippen molar-refractivity contribution in [3.05, 3.63) is 0 Å². The molecule has 1 amide bonds. The van der Waals surface area contributed by atoms with Crippen molar-refractivity contribution in [1.29, 1.82) is 0 Å². The van der Waals surface area contributed by atoms with Crippen molar-refractivity contribution in [3.8, 4) is 0 Å². The van der Waals surface area contributed by atoms with Gasteiger partial charge in [-0.05, 0) is 31.6 Å². The number of amides is 1. The zero-order valence-electron chi connectivity index (χ0n) is 12.2. The zero-order chi connectivity index (χ0) is 14.5. The molecule has 3 rings (SSSR count). The number of fused-ring (bicyclic) bond motifs is 2. The summed E-state index contributed by atoms with van der Waals surface area (Å²) in [7, 11) is 0. The largest absolute Gasteiger partial charge is 0.481 e. The molecular formula is C15H23NO4. The molecule has 2 bridgehead atoms. The maximum Gasteiger partial charge on any atom is 0.311 e. The minimum absolute atomic E-state index is 0.0362. The van der Waals surface area contributed by atoms with Crippen LogP contribution in [0.15, 0.2) is 0 Å². The summed E-state index contributed by atoms with van der Waals surface area (Å²) in [6, 6.07) is 0. The van der Waals surface area contributed by atoms with E-state index >= 15 is 0 Å². The van der Waals surface area contributed by atoms with E-state index in [1.807, 2.05) is 13.8 Å². The van der Waals surface area contributed by atoms with Gasteiger partial charge in [-0.1, -0.05) is 13.8 Å². The Balaban J connectivity index is 1.70. The van der Waals surface area contributed by atoms with Gasteiger partial charge in [0.1, 0.15) is 0 Å². The first-order chi connectivity index (χ1) is 9.44. The summed E-state index contributed by atoms with van der Waals surface area (Å²) in [6.45, 7) is 4.79. The number of carbonyl (C=O) groups excluding carboxylic acids is 1. The SMILES string of the molecule is CC(C)C1(C(=O)O)CCN(C(=O)C2CC3CCC2O3)C1. The summed E-state index contributed by atoms with van der Waals surface area (Å²) in [5.74, 6) is -0.660. The Bertz CT molecular complexity index is 436. The Hall–Kier alpha value is -1.10. The Labute approximate surface area is 119 Å². The monoisotopic (exact) mass is 281 g/mol. The van der Waals surface area contributed by atoms with Gasteiger partial charge in [-0.25, -0.2) is 0 Å². The molecule has 3 heterocycles. The van der Waals surface area contributed by atoms with Crippen LogP contribution in [0.3, 0.4) is 0 Å². The normalized spacial score (nSPS) is 39.8. The Morgan fingerprint density at radius 2 is 2.10 bits per heavy atom. The lowest BCUT2D eigenvalue weighted by Crippen LogP contribution is -2.43. The number of carbonyl (C=O) groups is 2. The number of hydrogen-bond donors (Lipinski definition) is 1. The molecule has 0 spiro atoms. The molecule has 4 atom stereocenters. The molecule has 0 radical (unpaired) electrons. The second-order valence-corrected chi connectivity index (χ2v) is 6.84. The van der Waals surface area contributed by atoms with Crippen molar-refractivity contribution < 1.29 is 19.4 Å². The molecule has 1 N–H and O–H groups in total. The zero-order valence-corrected chi connectivity index (χ0v) is 12.2. The molecule has 3 saturated heterocycles. The number of nitrogens with zero attached hydrogens (tertiary/aromatic N) is 1. The average molecular weight is 281 g/mol. The van der Waals surface area contributed by atoms with Crippen molar-refractivity contribution in [2.45, 2.75) is 51.7 Å². The van der Waals surface area contributed by atoms with Crippen molar-refractivity contribution in [2.75, 3.05) is 13.1 Å². The van der Waals surface area contributed by atoms with Gasteiger partial charge in [0, 0.05) is 13.1 Å². The third kappa shape index (κ3) is 1.94. The fraction of sp³-hybridized carbons (Fsp3) is 0.867. The number of likely N-dealkylation sites (tertiary alicyclic amines) is 1. The van der Waals surface area contributed by atoms with Crippen molar-refractivity contribution in [1.82, 2.24) is 4.90 Å². The van der Waals surface area contributed by atoms with Crippen LogP contribution in [0.25, 0.3) is 0 Å². The van der Waals surface area contributed by atoms with E-state index in [9.17, 15) is 14.7 Å². The van der Waals surface area contributed by atoms with Crippen LogP contribution in [0.2, 0.25) is 0 Å². The van der Waals surface area contributed by atoms with Gasteiger partial charge in [0.15, 0.2) is 0 Å². The first-order valence-electron chi connectivity index (χ1n) is 7.61. The number of carboxylic acids is 1. The number of hydrogen-bond acceptors (Lipinski definition) is 3. The van der Waals surface area contributed by atoms with Crippen LogP contribution in [-0.4, -0.2) is 47.2 Å². The summed E-state index contributed by atoms with van der Waals surface area (Å²) < 4.78 is 5.75. The minimum atomic E-state index is -0.771. The molecule has 3 fully saturated rings. The lowest BCUT2D eigenvalue weighted by molar-refractivity contribution is -0.151. The molecule has 3 aliphatic rings. The van der Waals surface area contributed by atoms with Crippen molar-refractivity contribution >= 4 is 11.9 Å². The van der Waals surface area contributed by atoms with Crippen LogP contribution in [0.4, 0.5) is 0 Å². The minimum Gasteiger partial charge on any atom is -0.481 e. The van der Waals surface area contributed by atoms with Crippen molar-refractivity contribution in [2.24, 2.45) is 17.3 Å². The van der Waals surface area contributed by atoms with Crippen LogP contribution >= 0.6 is 0 Å². The Morgan fingerprint density at radius 1 is 1.35 bits per heavy atom.